The van der Waals surface area contributed by atoms with E-state index < -0.39 is 11.7 Å². The number of hydrogen-bond donors (Lipinski definition) is 3. The first kappa shape index (κ1) is 13.7. The van der Waals surface area contributed by atoms with Crippen LogP contribution in [0.25, 0.3) is 0 Å². The molecular formula is C14H13FN2O3. The molecular weight excluding hydrogens is 263 g/mol. The molecule has 0 heterocycles. The van der Waals surface area contributed by atoms with E-state index in [1.165, 1.54) is 37.4 Å². The summed E-state index contributed by atoms with van der Waals surface area (Å²) in [6.07, 6.45) is 0. The van der Waals surface area contributed by atoms with Gasteiger partial charge in [0.25, 0.3) is 5.91 Å². The maximum absolute atomic E-state index is 13.1. The number of methoxy groups -OCH3 is 1. The molecule has 6 heteroatoms. The summed E-state index contributed by atoms with van der Waals surface area (Å²) in [4.78, 5) is 12.0. The molecule has 0 radical (unpaired) electrons. The number of ether oxygens (including phenoxy) is 1. The molecule has 0 atom stereocenters. The van der Waals surface area contributed by atoms with Crippen molar-refractivity contribution in [1.82, 2.24) is 0 Å². The zero-order valence-corrected chi connectivity index (χ0v) is 10.7. The molecule has 0 aromatic heterocycles. The molecule has 0 unspecified atom stereocenters. The second-order valence-corrected chi connectivity index (χ2v) is 4.07. The van der Waals surface area contributed by atoms with Gasteiger partial charge in [-0.15, -0.1) is 0 Å². The van der Waals surface area contributed by atoms with Crippen LogP contribution >= 0.6 is 0 Å². The van der Waals surface area contributed by atoms with E-state index in [-0.39, 0.29) is 22.7 Å². The average molecular weight is 276 g/mol. The van der Waals surface area contributed by atoms with Gasteiger partial charge >= 0.3 is 0 Å². The Bertz CT molecular complexity index is 659. The summed E-state index contributed by atoms with van der Waals surface area (Å²) in [5.74, 6) is -0.906. The van der Waals surface area contributed by atoms with Gasteiger partial charge in [-0.05, 0) is 30.3 Å². The minimum absolute atomic E-state index is 0.177. The van der Waals surface area contributed by atoms with Crippen molar-refractivity contribution in [3.05, 3.63) is 47.8 Å². The molecule has 0 aliphatic heterocycles. The number of carbonyl (C=O) groups excluding carboxylic acids is 1. The van der Waals surface area contributed by atoms with Crippen LogP contribution in [0.3, 0.4) is 0 Å². The quantitative estimate of drug-likeness (QED) is 0.593. The number of anilines is 2. The molecule has 0 fully saturated rings. The number of aromatic hydroxyl groups is 1. The number of nitrogen functional groups attached to an aromatic ring is 1. The van der Waals surface area contributed by atoms with Crippen molar-refractivity contribution in [2.24, 2.45) is 0 Å². The van der Waals surface area contributed by atoms with Gasteiger partial charge in [0.05, 0.1) is 18.5 Å². The van der Waals surface area contributed by atoms with E-state index in [0.717, 1.165) is 6.07 Å². The highest BCUT2D eigenvalue weighted by Gasteiger charge is 2.11. The van der Waals surface area contributed by atoms with Gasteiger partial charge in [-0.3, -0.25) is 4.79 Å². The maximum Gasteiger partial charge on any atom is 0.255 e. The van der Waals surface area contributed by atoms with Gasteiger partial charge in [0.15, 0.2) is 0 Å². The Balaban J connectivity index is 2.25. The fraction of sp³-hybridized carbons (Fsp3) is 0.0714. The van der Waals surface area contributed by atoms with E-state index in [9.17, 15) is 14.3 Å². The van der Waals surface area contributed by atoms with Crippen molar-refractivity contribution < 1.29 is 19.0 Å². The molecule has 2 aromatic carbocycles. The average Bonchev–Trinajstić information content (AvgIpc) is 2.43. The van der Waals surface area contributed by atoms with Crippen LogP contribution in [-0.2, 0) is 0 Å². The highest BCUT2D eigenvalue weighted by molar-refractivity contribution is 6.05. The van der Waals surface area contributed by atoms with Crippen LogP contribution in [0.15, 0.2) is 36.4 Å². The van der Waals surface area contributed by atoms with E-state index >= 15 is 0 Å². The third-order valence-corrected chi connectivity index (χ3v) is 2.70. The van der Waals surface area contributed by atoms with Crippen molar-refractivity contribution in [3.8, 4) is 11.5 Å². The first-order valence-electron chi connectivity index (χ1n) is 5.74. The molecule has 2 aromatic rings. The predicted octanol–water partition coefficient (Wildman–Crippen LogP) is 2.37. The summed E-state index contributed by atoms with van der Waals surface area (Å²) < 4.78 is 18.0. The molecule has 104 valence electrons. The Hall–Kier alpha value is -2.76. The van der Waals surface area contributed by atoms with E-state index in [0.29, 0.717) is 5.69 Å². The number of nitrogens with one attached hydrogen (secondary N) is 1. The monoisotopic (exact) mass is 276 g/mol. The normalized spacial score (nSPS) is 10.1. The summed E-state index contributed by atoms with van der Waals surface area (Å²) in [7, 11) is 1.37. The lowest BCUT2D eigenvalue weighted by Gasteiger charge is -2.10. The van der Waals surface area contributed by atoms with Gasteiger partial charge in [0.1, 0.15) is 17.3 Å². The molecule has 5 nitrogen and oxygen atoms in total. The Labute approximate surface area is 114 Å². The van der Waals surface area contributed by atoms with Crippen LogP contribution < -0.4 is 15.8 Å². The van der Waals surface area contributed by atoms with Crippen molar-refractivity contribution in [3.63, 3.8) is 0 Å². The summed E-state index contributed by atoms with van der Waals surface area (Å²) in [6, 6.07) is 7.91. The van der Waals surface area contributed by atoms with Crippen LogP contribution in [0, 0.1) is 5.82 Å². The van der Waals surface area contributed by atoms with Gasteiger partial charge in [0.2, 0.25) is 0 Å². The number of hydrogen-bond acceptors (Lipinski definition) is 4. The minimum atomic E-state index is -0.468. The van der Waals surface area contributed by atoms with Crippen LogP contribution in [0.4, 0.5) is 15.8 Å². The number of phenols is 1. The fourth-order valence-electron chi connectivity index (χ4n) is 1.65. The van der Waals surface area contributed by atoms with E-state index in [2.05, 4.69) is 5.32 Å². The number of halogens is 1. The van der Waals surface area contributed by atoms with Gasteiger partial charge in [-0.1, -0.05) is 0 Å². The molecule has 0 aliphatic rings. The molecule has 2 rings (SSSR count). The number of carbonyl (C=O) groups is 1. The molecule has 0 spiro atoms. The van der Waals surface area contributed by atoms with E-state index in [4.69, 9.17) is 10.5 Å². The largest absolute Gasteiger partial charge is 0.506 e. The van der Waals surface area contributed by atoms with Gasteiger partial charge in [-0.2, -0.15) is 0 Å². The van der Waals surface area contributed by atoms with Crippen LogP contribution in [0.5, 0.6) is 11.5 Å². The lowest BCUT2D eigenvalue weighted by atomic mass is 10.1. The van der Waals surface area contributed by atoms with E-state index in [1.807, 2.05) is 0 Å². The molecule has 20 heavy (non-hydrogen) atoms. The number of amides is 1. The summed E-state index contributed by atoms with van der Waals surface area (Å²) in [5.41, 5.74) is 6.20. The highest BCUT2D eigenvalue weighted by atomic mass is 19.1. The van der Waals surface area contributed by atoms with Crippen molar-refractivity contribution >= 4 is 17.3 Å². The standard InChI is InChI=1S/C14H13FN2O3/c1-20-13-7-9(15)3-5-11(13)17-14(19)8-2-4-10(16)12(18)6-8/h2-7,18H,16H2,1H3,(H,17,19). The van der Waals surface area contributed by atoms with Crippen molar-refractivity contribution in [2.75, 3.05) is 18.2 Å². The van der Waals surface area contributed by atoms with Gasteiger partial charge in [-0.25, -0.2) is 4.39 Å². The third kappa shape index (κ3) is 2.80. The number of nitrogens with two attached hydrogens (primary N) is 1. The maximum atomic E-state index is 13.1. The Kier molecular flexibility index (Phi) is 3.74. The second kappa shape index (κ2) is 5.48. The SMILES string of the molecule is COc1cc(F)ccc1NC(=O)c1ccc(N)c(O)c1. The first-order chi connectivity index (χ1) is 9.51. The second-order valence-electron chi connectivity index (χ2n) is 4.07. The van der Waals surface area contributed by atoms with Crippen LogP contribution in [-0.4, -0.2) is 18.1 Å². The fourth-order valence-corrected chi connectivity index (χ4v) is 1.65. The Morgan fingerprint density at radius 1 is 1.30 bits per heavy atom. The third-order valence-electron chi connectivity index (χ3n) is 2.70. The molecule has 0 aliphatic carbocycles. The molecule has 4 N–H and O–H groups in total. The lowest BCUT2D eigenvalue weighted by molar-refractivity contribution is 0.102. The Morgan fingerprint density at radius 2 is 2.05 bits per heavy atom. The van der Waals surface area contributed by atoms with E-state index in [1.54, 1.807) is 0 Å². The molecule has 1 amide bonds. The zero-order valence-electron chi connectivity index (χ0n) is 10.7. The van der Waals surface area contributed by atoms with Gasteiger partial charge < -0.3 is 20.9 Å². The number of rotatable bonds is 3. The Morgan fingerprint density at radius 3 is 2.70 bits per heavy atom. The lowest BCUT2D eigenvalue weighted by Crippen LogP contribution is -2.12. The summed E-state index contributed by atoms with van der Waals surface area (Å²) in [5, 5.41) is 12.0. The topological polar surface area (TPSA) is 84.6 Å². The highest BCUT2D eigenvalue weighted by Crippen LogP contribution is 2.26. The van der Waals surface area contributed by atoms with Crippen LogP contribution in [0.2, 0.25) is 0 Å². The van der Waals surface area contributed by atoms with Gasteiger partial charge in [0, 0.05) is 11.6 Å². The number of benzene rings is 2. The minimum Gasteiger partial charge on any atom is -0.506 e. The smallest absolute Gasteiger partial charge is 0.255 e. The molecule has 0 saturated heterocycles. The molecule has 0 saturated carbocycles. The molecule has 0 bridgehead atoms. The number of phenolic OH excluding ortho intramolecular Hbond substituents is 1. The predicted molar refractivity (Wildman–Crippen MR) is 73.4 cm³/mol. The van der Waals surface area contributed by atoms with Crippen molar-refractivity contribution in [1.29, 1.82) is 0 Å². The van der Waals surface area contributed by atoms with Crippen molar-refractivity contribution in [2.45, 2.75) is 0 Å². The summed E-state index contributed by atoms with van der Waals surface area (Å²) in [6.45, 7) is 0. The van der Waals surface area contributed by atoms with Crippen LogP contribution in [0.1, 0.15) is 10.4 Å². The first-order valence-corrected chi connectivity index (χ1v) is 5.74. The summed E-state index contributed by atoms with van der Waals surface area (Å²) >= 11 is 0. The zero-order chi connectivity index (χ0) is 14.7.